The molecule has 0 aliphatic carbocycles. The summed E-state index contributed by atoms with van der Waals surface area (Å²) in [6.45, 7) is 2.73. The molecular weight excluding hydrogens is 266 g/mol. The molecule has 0 radical (unpaired) electrons. The average molecular weight is 285 g/mol. The van der Waals surface area contributed by atoms with Crippen molar-refractivity contribution in [3.8, 4) is 0 Å². The minimum Gasteiger partial charge on any atom is -0.356 e. The van der Waals surface area contributed by atoms with Crippen molar-refractivity contribution in [3.05, 3.63) is 18.0 Å². The van der Waals surface area contributed by atoms with Crippen molar-refractivity contribution in [3.63, 3.8) is 0 Å². The van der Waals surface area contributed by atoms with Crippen molar-refractivity contribution < 1.29 is 13.2 Å². The first-order chi connectivity index (χ1) is 8.89. The predicted molar refractivity (Wildman–Crippen MR) is 71.1 cm³/mol. The molecule has 1 unspecified atom stereocenters. The summed E-state index contributed by atoms with van der Waals surface area (Å²) in [6.07, 6.45) is 5.47. The van der Waals surface area contributed by atoms with Gasteiger partial charge in [-0.1, -0.05) is 12.8 Å². The molecule has 2 rings (SSSR count). The molecule has 0 aromatic carbocycles. The Labute approximate surface area is 113 Å². The van der Waals surface area contributed by atoms with Gasteiger partial charge in [-0.05, 0) is 25.8 Å². The van der Waals surface area contributed by atoms with E-state index in [1.54, 1.807) is 4.90 Å². The van der Waals surface area contributed by atoms with E-state index in [1.807, 2.05) is 6.92 Å². The van der Waals surface area contributed by atoms with E-state index in [-0.39, 0.29) is 22.5 Å². The number of H-pyrrole nitrogens is 1. The number of nitrogens with two attached hydrogens (primary N) is 1. The molecule has 7 heteroatoms. The summed E-state index contributed by atoms with van der Waals surface area (Å²) in [6, 6.07) is 1.48. The number of rotatable bonds is 2. The van der Waals surface area contributed by atoms with Crippen LogP contribution in [-0.2, 0) is 10.0 Å². The second-order valence-electron chi connectivity index (χ2n) is 4.99. The number of primary sulfonamides is 1. The maximum Gasteiger partial charge on any atom is 0.270 e. The van der Waals surface area contributed by atoms with Crippen molar-refractivity contribution in [2.45, 2.75) is 43.5 Å². The number of sulfonamides is 1. The molecule has 1 fully saturated rings. The molecule has 0 spiro atoms. The largest absolute Gasteiger partial charge is 0.356 e. The third-order valence-electron chi connectivity index (χ3n) is 3.53. The number of amides is 1. The van der Waals surface area contributed by atoms with Crippen LogP contribution in [-0.4, -0.2) is 36.8 Å². The van der Waals surface area contributed by atoms with Crippen molar-refractivity contribution in [2.24, 2.45) is 5.14 Å². The number of aromatic nitrogens is 1. The number of hydrogen-bond acceptors (Lipinski definition) is 3. The monoisotopic (exact) mass is 285 g/mol. The highest BCUT2D eigenvalue weighted by Gasteiger charge is 2.25. The van der Waals surface area contributed by atoms with E-state index < -0.39 is 10.0 Å². The Kier molecular flexibility index (Phi) is 3.96. The van der Waals surface area contributed by atoms with Crippen LogP contribution in [0.5, 0.6) is 0 Å². The minimum absolute atomic E-state index is 0.0571. The van der Waals surface area contributed by atoms with E-state index in [9.17, 15) is 13.2 Å². The van der Waals surface area contributed by atoms with Crippen LogP contribution < -0.4 is 5.14 Å². The summed E-state index contributed by atoms with van der Waals surface area (Å²) in [5.74, 6) is -0.163. The Balaban J connectivity index is 2.21. The Morgan fingerprint density at radius 1 is 1.42 bits per heavy atom. The molecule has 3 N–H and O–H groups in total. The first-order valence-corrected chi connectivity index (χ1v) is 7.96. The van der Waals surface area contributed by atoms with Crippen LogP contribution in [0, 0.1) is 0 Å². The topological polar surface area (TPSA) is 96.3 Å². The maximum atomic E-state index is 12.4. The number of carbonyl (C=O) groups is 1. The first kappa shape index (κ1) is 14.1. The lowest BCUT2D eigenvalue weighted by Gasteiger charge is -2.26. The Morgan fingerprint density at radius 3 is 2.79 bits per heavy atom. The van der Waals surface area contributed by atoms with Gasteiger partial charge in [-0.3, -0.25) is 4.79 Å². The molecule has 19 heavy (non-hydrogen) atoms. The molecular formula is C12H19N3O3S. The van der Waals surface area contributed by atoms with Crippen LogP contribution in [0.15, 0.2) is 17.2 Å². The second-order valence-corrected chi connectivity index (χ2v) is 6.55. The fraction of sp³-hybridized carbons (Fsp3) is 0.583. The standard InChI is InChI=1S/C12H19N3O3S/c1-9-5-3-2-4-6-15(9)12(16)11-7-10(8-14-11)19(13,17)18/h7-9,14H,2-6H2,1H3,(H2,13,17,18). The van der Waals surface area contributed by atoms with Gasteiger partial charge in [-0.25, -0.2) is 13.6 Å². The number of likely N-dealkylation sites (tertiary alicyclic amines) is 1. The fourth-order valence-electron chi connectivity index (χ4n) is 2.39. The van der Waals surface area contributed by atoms with Gasteiger partial charge in [0.05, 0.1) is 4.90 Å². The highest BCUT2D eigenvalue weighted by atomic mass is 32.2. The fourth-order valence-corrected chi connectivity index (χ4v) is 2.90. The van der Waals surface area contributed by atoms with Crippen LogP contribution in [0.4, 0.5) is 0 Å². The summed E-state index contributed by atoms with van der Waals surface area (Å²) in [5, 5.41) is 5.03. The van der Waals surface area contributed by atoms with Gasteiger partial charge in [0.1, 0.15) is 5.69 Å². The molecule has 1 aliphatic heterocycles. The number of nitrogens with one attached hydrogen (secondary N) is 1. The Hall–Kier alpha value is -1.34. The van der Waals surface area contributed by atoms with Gasteiger partial charge in [0, 0.05) is 18.8 Å². The van der Waals surface area contributed by atoms with E-state index in [2.05, 4.69) is 4.98 Å². The normalized spacial score (nSPS) is 21.2. The lowest BCUT2D eigenvalue weighted by molar-refractivity contribution is 0.0692. The van der Waals surface area contributed by atoms with Gasteiger partial charge in [0.15, 0.2) is 0 Å². The zero-order valence-corrected chi connectivity index (χ0v) is 11.7. The molecule has 0 bridgehead atoms. The van der Waals surface area contributed by atoms with E-state index in [0.717, 1.165) is 25.7 Å². The van der Waals surface area contributed by atoms with Gasteiger partial charge >= 0.3 is 0 Å². The van der Waals surface area contributed by atoms with E-state index in [1.165, 1.54) is 12.3 Å². The molecule has 0 saturated carbocycles. The van der Waals surface area contributed by atoms with Gasteiger partial charge in [0.2, 0.25) is 10.0 Å². The Bertz CT molecular complexity index is 565. The quantitative estimate of drug-likeness (QED) is 0.850. The second kappa shape index (κ2) is 5.34. The number of nitrogens with zero attached hydrogens (tertiary/aromatic N) is 1. The molecule has 1 atom stereocenters. The highest BCUT2D eigenvalue weighted by Crippen LogP contribution is 2.19. The first-order valence-electron chi connectivity index (χ1n) is 6.42. The summed E-state index contributed by atoms with van der Waals surface area (Å²) < 4.78 is 22.4. The van der Waals surface area contributed by atoms with Gasteiger partial charge in [-0.15, -0.1) is 0 Å². The predicted octanol–water partition coefficient (Wildman–Crippen LogP) is 1.07. The lowest BCUT2D eigenvalue weighted by Crippen LogP contribution is -2.38. The van der Waals surface area contributed by atoms with Gasteiger partial charge in [-0.2, -0.15) is 0 Å². The summed E-state index contributed by atoms with van der Waals surface area (Å²) in [7, 11) is -3.77. The van der Waals surface area contributed by atoms with Crippen LogP contribution in [0.3, 0.4) is 0 Å². The third-order valence-corrected chi connectivity index (χ3v) is 4.42. The molecule has 1 amide bonds. The molecule has 1 aromatic rings. The van der Waals surface area contributed by atoms with E-state index in [0.29, 0.717) is 6.54 Å². The number of carbonyl (C=O) groups excluding carboxylic acids is 1. The van der Waals surface area contributed by atoms with Crippen molar-refractivity contribution in [1.29, 1.82) is 0 Å². The van der Waals surface area contributed by atoms with Gasteiger partial charge < -0.3 is 9.88 Å². The number of hydrogen-bond donors (Lipinski definition) is 2. The summed E-state index contributed by atoms with van der Waals surface area (Å²) >= 11 is 0. The summed E-state index contributed by atoms with van der Waals surface area (Å²) in [4.78, 5) is 16.8. The zero-order valence-electron chi connectivity index (χ0n) is 10.9. The molecule has 1 aliphatic rings. The van der Waals surface area contributed by atoms with Crippen LogP contribution in [0.1, 0.15) is 43.1 Å². The van der Waals surface area contributed by atoms with E-state index >= 15 is 0 Å². The van der Waals surface area contributed by atoms with Gasteiger partial charge in [0.25, 0.3) is 5.91 Å². The third kappa shape index (κ3) is 3.16. The van der Waals surface area contributed by atoms with Crippen molar-refractivity contribution in [2.75, 3.05) is 6.54 Å². The van der Waals surface area contributed by atoms with Crippen LogP contribution in [0.2, 0.25) is 0 Å². The summed E-state index contributed by atoms with van der Waals surface area (Å²) in [5.41, 5.74) is 0.276. The molecule has 106 valence electrons. The number of aromatic amines is 1. The highest BCUT2D eigenvalue weighted by molar-refractivity contribution is 7.89. The zero-order chi connectivity index (χ0) is 14.0. The Morgan fingerprint density at radius 2 is 2.16 bits per heavy atom. The van der Waals surface area contributed by atoms with Crippen molar-refractivity contribution in [1.82, 2.24) is 9.88 Å². The molecule has 1 aromatic heterocycles. The van der Waals surface area contributed by atoms with Crippen LogP contribution >= 0.6 is 0 Å². The molecule has 1 saturated heterocycles. The average Bonchev–Trinajstić information content (AvgIpc) is 2.73. The van der Waals surface area contributed by atoms with Crippen molar-refractivity contribution >= 4 is 15.9 Å². The van der Waals surface area contributed by atoms with E-state index in [4.69, 9.17) is 5.14 Å². The SMILES string of the molecule is CC1CCCCCN1C(=O)c1cc(S(N)(=O)=O)c[nH]1. The van der Waals surface area contributed by atoms with Crippen LogP contribution in [0.25, 0.3) is 0 Å². The lowest BCUT2D eigenvalue weighted by atomic mass is 10.1. The maximum absolute atomic E-state index is 12.4. The molecule has 2 heterocycles. The molecule has 6 nitrogen and oxygen atoms in total. The minimum atomic E-state index is -3.77. The smallest absolute Gasteiger partial charge is 0.270 e.